The van der Waals surface area contributed by atoms with Gasteiger partial charge in [-0.2, -0.15) is 0 Å². The Morgan fingerprint density at radius 1 is 1.62 bits per heavy atom. The van der Waals surface area contributed by atoms with Gasteiger partial charge in [0.15, 0.2) is 0 Å². The molecule has 3 nitrogen and oxygen atoms in total. The van der Waals surface area contributed by atoms with E-state index < -0.39 is 6.03 Å². The van der Waals surface area contributed by atoms with E-state index in [1.807, 2.05) is 24.6 Å². The Bertz CT molecular complexity index is 301. The third kappa shape index (κ3) is 3.80. The molecule has 1 aromatic rings. The number of amides is 2. The van der Waals surface area contributed by atoms with Crippen LogP contribution in [0.2, 0.25) is 5.02 Å². The Hall–Kier alpha value is -1.22. The van der Waals surface area contributed by atoms with Crippen LogP contribution >= 0.6 is 11.6 Å². The highest BCUT2D eigenvalue weighted by Crippen LogP contribution is 2.11. The predicted molar refractivity (Wildman–Crippen MR) is 52.4 cm³/mol. The first-order valence-electron chi connectivity index (χ1n) is 3.80. The van der Waals surface area contributed by atoms with Gasteiger partial charge in [0.05, 0.1) is 0 Å². The molecule has 0 aromatic heterocycles. The van der Waals surface area contributed by atoms with Crippen molar-refractivity contribution in [3.8, 4) is 0 Å². The van der Waals surface area contributed by atoms with Crippen molar-refractivity contribution in [2.24, 2.45) is 5.73 Å². The minimum absolute atomic E-state index is 0.412. The van der Waals surface area contributed by atoms with E-state index in [0.29, 0.717) is 11.6 Å². The molecular formula is C9H10ClN2O. The molecule has 0 spiro atoms. The van der Waals surface area contributed by atoms with Gasteiger partial charge in [-0.05, 0) is 17.7 Å². The maximum Gasteiger partial charge on any atom is 0.312 e. The lowest BCUT2D eigenvalue weighted by Crippen LogP contribution is -2.30. The molecule has 1 rings (SSSR count). The number of halogens is 1. The summed E-state index contributed by atoms with van der Waals surface area (Å²) in [6.07, 6.45) is 1.83. The minimum atomic E-state index is -0.529. The monoisotopic (exact) mass is 197 g/mol. The fraction of sp³-hybridized carbons (Fsp3) is 0.111. The Labute approximate surface area is 81.9 Å². The normalized spacial score (nSPS) is 9.62. The lowest BCUT2D eigenvalue weighted by Gasteiger charge is -2.01. The zero-order valence-electron chi connectivity index (χ0n) is 6.96. The van der Waals surface area contributed by atoms with Gasteiger partial charge in [-0.15, -0.1) is 0 Å². The van der Waals surface area contributed by atoms with E-state index in [9.17, 15) is 4.79 Å². The van der Waals surface area contributed by atoms with E-state index in [4.69, 9.17) is 17.3 Å². The Morgan fingerprint density at radius 3 is 3.00 bits per heavy atom. The average Bonchev–Trinajstić information content (AvgIpc) is 2.03. The van der Waals surface area contributed by atoms with Gasteiger partial charge >= 0.3 is 6.03 Å². The highest BCUT2D eigenvalue weighted by Gasteiger charge is 1.95. The zero-order chi connectivity index (χ0) is 9.68. The number of carbonyl (C=O) groups excluding carboxylic acids is 1. The van der Waals surface area contributed by atoms with Crippen LogP contribution in [0.1, 0.15) is 5.56 Å². The molecule has 0 atom stereocenters. The number of nitrogens with two attached hydrogens (primary N) is 1. The summed E-state index contributed by atoms with van der Waals surface area (Å²) in [5, 5.41) is 3.13. The average molecular weight is 198 g/mol. The lowest BCUT2D eigenvalue weighted by molar-refractivity contribution is 0.249. The number of rotatable bonds is 3. The van der Waals surface area contributed by atoms with Gasteiger partial charge < -0.3 is 11.1 Å². The maximum atomic E-state index is 10.3. The maximum absolute atomic E-state index is 10.3. The molecule has 0 heterocycles. The van der Waals surface area contributed by atoms with Gasteiger partial charge in [0.2, 0.25) is 0 Å². The molecule has 0 aliphatic rings. The van der Waals surface area contributed by atoms with Crippen molar-refractivity contribution in [2.75, 3.05) is 6.54 Å². The van der Waals surface area contributed by atoms with E-state index in [2.05, 4.69) is 5.32 Å². The highest BCUT2D eigenvalue weighted by molar-refractivity contribution is 6.30. The van der Waals surface area contributed by atoms with Gasteiger partial charge in [-0.3, -0.25) is 0 Å². The van der Waals surface area contributed by atoms with Crippen molar-refractivity contribution in [3.63, 3.8) is 0 Å². The van der Waals surface area contributed by atoms with Crippen LogP contribution in [-0.2, 0) is 0 Å². The van der Waals surface area contributed by atoms with Crippen LogP contribution in [0.4, 0.5) is 4.79 Å². The molecule has 13 heavy (non-hydrogen) atoms. The van der Waals surface area contributed by atoms with Crippen molar-refractivity contribution in [2.45, 2.75) is 0 Å². The molecule has 69 valence electrons. The van der Waals surface area contributed by atoms with Crippen LogP contribution in [0.5, 0.6) is 0 Å². The zero-order valence-corrected chi connectivity index (χ0v) is 7.71. The number of nitrogens with one attached hydrogen (secondary N) is 1. The number of urea groups is 1. The van der Waals surface area contributed by atoms with E-state index in [-0.39, 0.29) is 0 Å². The molecule has 0 unspecified atom stereocenters. The fourth-order valence-corrected chi connectivity index (χ4v) is 1.10. The second kappa shape index (κ2) is 4.72. The van der Waals surface area contributed by atoms with Gasteiger partial charge in [0, 0.05) is 18.0 Å². The van der Waals surface area contributed by atoms with Crippen LogP contribution in [0.3, 0.4) is 0 Å². The summed E-state index contributed by atoms with van der Waals surface area (Å²) < 4.78 is 0. The summed E-state index contributed by atoms with van der Waals surface area (Å²) >= 11 is 5.75. The molecule has 1 radical (unpaired) electrons. The largest absolute Gasteiger partial charge is 0.352 e. The number of hydrogen-bond donors (Lipinski definition) is 2. The number of benzene rings is 1. The first kappa shape index (κ1) is 9.86. The van der Waals surface area contributed by atoms with Gasteiger partial charge in [0.25, 0.3) is 0 Å². The second-order valence-electron chi connectivity index (χ2n) is 2.50. The quantitative estimate of drug-likeness (QED) is 0.759. The first-order chi connectivity index (χ1) is 6.18. The van der Waals surface area contributed by atoms with E-state index in [1.165, 1.54) is 0 Å². The van der Waals surface area contributed by atoms with Crippen molar-refractivity contribution in [3.05, 3.63) is 41.3 Å². The van der Waals surface area contributed by atoms with Crippen molar-refractivity contribution in [1.82, 2.24) is 5.32 Å². The first-order valence-corrected chi connectivity index (χ1v) is 4.18. The van der Waals surface area contributed by atoms with Crippen molar-refractivity contribution >= 4 is 17.6 Å². The SMILES string of the molecule is NC(=O)NC[CH]c1cccc(Cl)c1. The molecule has 0 aliphatic carbocycles. The molecule has 0 aliphatic heterocycles. The molecule has 3 N–H and O–H groups in total. The number of primary amides is 1. The molecule has 0 bridgehead atoms. The van der Waals surface area contributed by atoms with Crippen molar-refractivity contribution < 1.29 is 4.79 Å². The summed E-state index contributed by atoms with van der Waals surface area (Å²) in [5.74, 6) is 0. The summed E-state index contributed by atoms with van der Waals surface area (Å²) in [6, 6.07) is 6.82. The lowest BCUT2D eigenvalue weighted by atomic mass is 10.1. The molecule has 0 saturated carbocycles. The third-order valence-electron chi connectivity index (χ3n) is 1.46. The summed E-state index contributed by atoms with van der Waals surface area (Å²) in [5.41, 5.74) is 5.85. The Morgan fingerprint density at radius 2 is 2.38 bits per heavy atom. The summed E-state index contributed by atoms with van der Waals surface area (Å²) in [7, 11) is 0. The fourth-order valence-electron chi connectivity index (χ4n) is 0.903. The van der Waals surface area contributed by atoms with Gasteiger partial charge in [0.1, 0.15) is 0 Å². The topological polar surface area (TPSA) is 55.1 Å². The van der Waals surface area contributed by atoms with Gasteiger partial charge in [-0.1, -0.05) is 23.7 Å². The summed E-state index contributed by atoms with van der Waals surface area (Å²) in [6.45, 7) is 0.412. The standard InChI is InChI=1S/C9H10ClN2O/c10-8-3-1-2-7(6-8)4-5-12-9(11)13/h1-4,6H,5H2,(H3,11,12,13). The minimum Gasteiger partial charge on any atom is -0.352 e. The van der Waals surface area contributed by atoms with Crippen LogP contribution in [0, 0.1) is 6.42 Å². The predicted octanol–water partition coefficient (Wildman–Crippen LogP) is 1.56. The number of carbonyl (C=O) groups is 1. The molecule has 1 aromatic carbocycles. The highest BCUT2D eigenvalue weighted by atomic mass is 35.5. The smallest absolute Gasteiger partial charge is 0.312 e. The second-order valence-corrected chi connectivity index (χ2v) is 2.94. The molecule has 0 fully saturated rings. The van der Waals surface area contributed by atoms with Crippen molar-refractivity contribution in [1.29, 1.82) is 0 Å². The van der Waals surface area contributed by atoms with Gasteiger partial charge in [-0.25, -0.2) is 4.79 Å². The van der Waals surface area contributed by atoms with E-state index in [0.717, 1.165) is 5.56 Å². The van der Waals surface area contributed by atoms with Crippen LogP contribution in [0.15, 0.2) is 24.3 Å². The summed E-state index contributed by atoms with van der Waals surface area (Å²) in [4.78, 5) is 10.3. The van der Waals surface area contributed by atoms with E-state index >= 15 is 0 Å². The Balaban J connectivity index is 2.41. The Kier molecular flexibility index (Phi) is 3.58. The van der Waals surface area contributed by atoms with Crippen LogP contribution in [-0.4, -0.2) is 12.6 Å². The third-order valence-corrected chi connectivity index (χ3v) is 1.70. The molecule has 0 saturated heterocycles. The van der Waals surface area contributed by atoms with E-state index in [1.54, 1.807) is 6.07 Å². The van der Waals surface area contributed by atoms with Crippen LogP contribution in [0.25, 0.3) is 0 Å². The molecule has 2 amide bonds. The number of hydrogen-bond acceptors (Lipinski definition) is 1. The molecular weight excluding hydrogens is 188 g/mol. The molecule has 4 heteroatoms. The van der Waals surface area contributed by atoms with Crippen LogP contribution < -0.4 is 11.1 Å².